The Morgan fingerprint density at radius 1 is 1.00 bits per heavy atom. The van der Waals surface area contributed by atoms with Gasteiger partial charge in [0.25, 0.3) is 0 Å². The van der Waals surface area contributed by atoms with Crippen LogP contribution in [0.2, 0.25) is 0 Å². The second-order valence-corrected chi connectivity index (χ2v) is 10.9. The number of nitrogens with one attached hydrogen (secondary N) is 2. The molecule has 0 aliphatic heterocycles. The summed E-state index contributed by atoms with van der Waals surface area (Å²) in [6.45, 7) is 9.64. The molecule has 3 rings (SSSR count). The third-order valence-corrected chi connectivity index (χ3v) is 6.83. The molecule has 7 heteroatoms. The van der Waals surface area contributed by atoms with Gasteiger partial charge in [-0.1, -0.05) is 80.9 Å². The van der Waals surface area contributed by atoms with Gasteiger partial charge < -0.3 is 20.3 Å². The Morgan fingerprint density at radius 3 is 2.11 bits per heavy atom. The Hall–Kier alpha value is -3.35. The lowest BCUT2D eigenvalue weighted by molar-refractivity contribution is -0.148. The van der Waals surface area contributed by atoms with Crippen molar-refractivity contribution in [2.24, 2.45) is 5.92 Å². The molecule has 3 atom stereocenters. The molecule has 1 aliphatic rings. The maximum atomic E-state index is 14.2. The summed E-state index contributed by atoms with van der Waals surface area (Å²) in [7, 11) is 0. The Balaban J connectivity index is 1.94. The van der Waals surface area contributed by atoms with Gasteiger partial charge in [-0.25, -0.2) is 4.79 Å². The van der Waals surface area contributed by atoms with Crippen molar-refractivity contribution < 1.29 is 19.1 Å². The van der Waals surface area contributed by atoms with Gasteiger partial charge in [0.15, 0.2) is 0 Å². The van der Waals surface area contributed by atoms with E-state index in [1.807, 2.05) is 74.5 Å². The SMILES string of the molecule is CCC(C)C(NC(=O)OC(C)(C)C)C(=O)N(C1CCC1)C(C(=O)NCc1ccccc1)c1ccccc1. The smallest absolute Gasteiger partial charge is 0.408 e. The number of amides is 3. The topological polar surface area (TPSA) is 87.7 Å². The fourth-order valence-electron chi connectivity index (χ4n) is 4.42. The molecule has 0 radical (unpaired) electrons. The average Bonchev–Trinajstić information content (AvgIpc) is 2.84. The van der Waals surface area contributed by atoms with Crippen LogP contribution >= 0.6 is 0 Å². The molecular weight excluding hydrogens is 466 g/mol. The Kier molecular flexibility index (Phi) is 9.73. The average molecular weight is 508 g/mol. The first-order valence-electron chi connectivity index (χ1n) is 13.3. The number of carbonyl (C=O) groups excluding carboxylic acids is 3. The van der Waals surface area contributed by atoms with Crippen LogP contribution in [-0.2, 0) is 20.9 Å². The quantitative estimate of drug-likeness (QED) is 0.453. The molecule has 0 aromatic heterocycles. The summed E-state index contributed by atoms with van der Waals surface area (Å²) < 4.78 is 5.47. The summed E-state index contributed by atoms with van der Waals surface area (Å²) in [5.41, 5.74) is 1.03. The molecule has 1 aliphatic carbocycles. The molecule has 0 spiro atoms. The normalized spacial score (nSPS) is 16.0. The van der Waals surface area contributed by atoms with Crippen LogP contribution in [0.15, 0.2) is 60.7 Å². The van der Waals surface area contributed by atoms with Gasteiger partial charge in [0.1, 0.15) is 17.7 Å². The van der Waals surface area contributed by atoms with Crippen molar-refractivity contribution in [3.63, 3.8) is 0 Å². The Labute approximate surface area is 221 Å². The van der Waals surface area contributed by atoms with Gasteiger partial charge in [0.2, 0.25) is 11.8 Å². The molecule has 1 saturated carbocycles. The van der Waals surface area contributed by atoms with Crippen LogP contribution in [0.5, 0.6) is 0 Å². The zero-order valence-electron chi connectivity index (χ0n) is 22.7. The van der Waals surface area contributed by atoms with Crippen molar-refractivity contribution in [3.8, 4) is 0 Å². The molecule has 2 aromatic carbocycles. The third-order valence-electron chi connectivity index (χ3n) is 6.83. The van der Waals surface area contributed by atoms with Crippen molar-refractivity contribution >= 4 is 17.9 Å². The highest BCUT2D eigenvalue weighted by Crippen LogP contribution is 2.34. The summed E-state index contributed by atoms with van der Waals surface area (Å²) in [5.74, 6) is -0.643. The molecule has 2 N–H and O–H groups in total. The van der Waals surface area contributed by atoms with Gasteiger partial charge >= 0.3 is 6.09 Å². The van der Waals surface area contributed by atoms with Crippen LogP contribution in [0.4, 0.5) is 4.79 Å². The van der Waals surface area contributed by atoms with Crippen molar-refractivity contribution in [3.05, 3.63) is 71.8 Å². The number of nitrogens with zero attached hydrogens (tertiary/aromatic N) is 1. The lowest BCUT2D eigenvalue weighted by Gasteiger charge is -2.44. The van der Waals surface area contributed by atoms with E-state index in [4.69, 9.17) is 4.74 Å². The van der Waals surface area contributed by atoms with E-state index in [2.05, 4.69) is 10.6 Å². The summed E-state index contributed by atoms with van der Waals surface area (Å²) in [6.07, 6.45) is 2.68. The van der Waals surface area contributed by atoms with Crippen LogP contribution in [0.25, 0.3) is 0 Å². The summed E-state index contributed by atoms with van der Waals surface area (Å²) in [4.78, 5) is 42.4. The molecule has 2 aromatic rings. The van der Waals surface area contributed by atoms with E-state index in [9.17, 15) is 14.4 Å². The Morgan fingerprint density at radius 2 is 1.59 bits per heavy atom. The van der Waals surface area contributed by atoms with Crippen LogP contribution in [0.3, 0.4) is 0 Å². The second kappa shape index (κ2) is 12.7. The first-order valence-corrected chi connectivity index (χ1v) is 13.3. The van der Waals surface area contributed by atoms with E-state index in [-0.39, 0.29) is 23.8 Å². The van der Waals surface area contributed by atoms with Crippen LogP contribution in [-0.4, -0.2) is 40.5 Å². The molecule has 0 bridgehead atoms. The lowest BCUT2D eigenvalue weighted by atomic mass is 9.86. The molecule has 37 heavy (non-hydrogen) atoms. The maximum absolute atomic E-state index is 14.2. The Bertz CT molecular complexity index is 1030. The predicted octanol–water partition coefficient (Wildman–Crippen LogP) is 5.36. The monoisotopic (exact) mass is 507 g/mol. The standard InChI is InChI=1S/C30H41N3O4/c1-6-21(2)25(32-29(36)37-30(3,4)5)28(35)33(24-18-13-19-24)26(23-16-11-8-12-17-23)27(34)31-20-22-14-9-7-10-15-22/h7-12,14-17,21,24-26H,6,13,18-20H2,1-5H3,(H,31,34)(H,32,36). The minimum absolute atomic E-state index is 0.0767. The number of carbonyl (C=O) groups is 3. The number of hydrogen-bond acceptors (Lipinski definition) is 4. The fourth-order valence-corrected chi connectivity index (χ4v) is 4.42. The minimum atomic E-state index is -0.811. The summed E-state index contributed by atoms with van der Waals surface area (Å²) in [6, 6.07) is 17.4. The molecule has 1 fully saturated rings. The van der Waals surface area contributed by atoms with E-state index in [1.54, 1.807) is 25.7 Å². The predicted molar refractivity (Wildman–Crippen MR) is 145 cm³/mol. The minimum Gasteiger partial charge on any atom is -0.444 e. The van der Waals surface area contributed by atoms with E-state index in [1.165, 1.54) is 0 Å². The van der Waals surface area contributed by atoms with Crippen molar-refractivity contribution in [2.75, 3.05) is 0 Å². The van der Waals surface area contributed by atoms with Crippen molar-refractivity contribution in [1.29, 1.82) is 0 Å². The first-order chi connectivity index (χ1) is 17.6. The highest BCUT2D eigenvalue weighted by atomic mass is 16.6. The van der Waals surface area contributed by atoms with Gasteiger partial charge in [-0.05, 0) is 57.1 Å². The number of ether oxygens (including phenoxy) is 1. The van der Waals surface area contributed by atoms with E-state index >= 15 is 0 Å². The molecule has 0 saturated heterocycles. The molecule has 7 nitrogen and oxygen atoms in total. The van der Waals surface area contributed by atoms with Crippen molar-refractivity contribution in [1.82, 2.24) is 15.5 Å². The summed E-state index contributed by atoms with van der Waals surface area (Å²) >= 11 is 0. The van der Waals surface area contributed by atoms with Gasteiger partial charge in [0.05, 0.1) is 0 Å². The number of hydrogen-bond donors (Lipinski definition) is 2. The maximum Gasteiger partial charge on any atom is 0.408 e. The third kappa shape index (κ3) is 7.81. The largest absolute Gasteiger partial charge is 0.444 e. The van der Waals surface area contributed by atoms with Gasteiger partial charge in [-0.3, -0.25) is 9.59 Å². The highest BCUT2D eigenvalue weighted by molar-refractivity contribution is 5.92. The van der Waals surface area contributed by atoms with E-state index < -0.39 is 23.8 Å². The molecular formula is C30H41N3O4. The fraction of sp³-hybridized carbons (Fsp3) is 0.500. The van der Waals surface area contributed by atoms with Crippen LogP contribution in [0, 0.1) is 5.92 Å². The number of rotatable bonds is 10. The van der Waals surface area contributed by atoms with E-state index in [0.717, 1.165) is 30.4 Å². The zero-order valence-corrected chi connectivity index (χ0v) is 22.7. The number of benzene rings is 2. The zero-order chi connectivity index (χ0) is 27.0. The van der Waals surface area contributed by atoms with Crippen LogP contribution < -0.4 is 10.6 Å². The highest BCUT2D eigenvalue weighted by Gasteiger charge is 2.43. The van der Waals surface area contributed by atoms with Gasteiger partial charge in [0, 0.05) is 12.6 Å². The van der Waals surface area contributed by atoms with Crippen LogP contribution in [0.1, 0.15) is 77.5 Å². The van der Waals surface area contributed by atoms with E-state index in [0.29, 0.717) is 13.0 Å². The van der Waals surface area contributed by atoms with Gasteiger partial charge in [-0.15, -0.1) is 0 Å². The van der Waals surface area contributed by atoms with Crippen molar-refractivity contribution in [2.45, 2.75) is 90.6 Å². The summed E-state index contributed by atoms with van der Waals surface area (Å²) in [5, 5.41) is 5.87. The van der Waals surface area contributed by atoms with Gasteiger partial charge in [-0.2, -0.15) is 0 Å². The second-order valence-electron chi connectivity index (χ2n) is 10.9. The molecule has 0 heterocycles. The molecule has 200 valence electrons. The molecule has 3 unspecified atom stereocenters. The molecule has 3 amide bonds. The number of alkyl carbamates (subject to hydrolysis) is 1. The first kappa shape index (κ1) is 28.2. The lowest BCUT2D eigenvalue weighted by Crippen LogP contribution is -2.59.